The summed E-state index contributed by atoms with van der Waals surface area (Å²) in [6.07, 6.45) is 3.13. The van der Waals surface area contributed by atoms with E-state index in [1.54, 1.807) is 0 Å². The average molecular weight is 424 g/mol. The van der Waals surface area contributed by atoms with Crippen molar-refractivity contribution in [3.63, 3.8) is 0 Å². The molecule has 156 valence electrons. The van der Waals surface area contributed by atoms with Gasteiger partial charge in [0.1, 0.15) is 0 Å². The third-order valence-corrected chi connectivity index (χ3v) is 5.91. The van der Waals surface area contributed by atoms with Gasteiger partial charge >= 0.3 is 0 Å². The molecule has 0 unspecified atom stereocenters. The molecule has 0 radical (unpaired) electrons. The van der Waals surface area contributed by atoms with Crippen molar-refractivity contribution in [2.75, 3.05) is 32.7 Å². The topological polar surface area (TPSA) is 65.1 Å². The maximum atomic E-state index is 13.0. The Morgan fingerprint density at radius 3 is 2.57 bits per heavy atom. The SMILES string of the molecule is Cc1[nH]nc(-c2ccc(Cl)cc2)c1CC(=O)N1CCN(CCc2ccccn2)CC1. The highest BCUT2D eigenvalue weighted by Gasteiger charge is 2.23. The largest absolute Gasteiger partial charge is 0.340 e. The number of piperazine rings is 1. The van der Waals surface area contributed by atoms with Gasteiger partial charge in [-0.05, 0) is 31.2 Å². The van der Waals surface area contributed by atoms with E-state index in [0.717, 1.165) is 67.4 Å². The smallest absolute Gasteiger partial charge is 0.227 e. The number of aryl methyl sites for hydroxylation is 1. The van der Waals surface area contributed by atoms with Crippen LogP contribution in [-0.4, -0.2) is 63.6 Å². The van der Waals surface area contributed by atoms with E-state index in [2.05, 4.69) is 26.1 Å². The Morgan fingerprint density at radius 2 is 1.87 bits per heavy atom. The lowest BCUT2D eigenvalue weighted by molar-refractivity contribution is -0.132. The lowest BCUT2D eigenvalue weighted by atomic mass is 10.0. The number of pyridine rings is 1. The molecule has 1 N–H and O–H groups in total. The summed E-state index contributed by atoms with van der Waals surface area (Å²) in [5.74, 6) is 0.152. The minimum atomic E-state index is 0.152. The van der Waals surface area contributed by atoms with E-state index in [1.165, 1.54) is 0 Å². The van der Waals surface area contributed by atoms with Gasteiger partial charge in [0.05, 0.1) is 12.1 Å². The van der Waals surface area contributed by atoms with Crippen LogP contribution >= 0.6 is 11.6 Å². The Morgan fingerprint density at radius 1 is 1.10 bits per heavy atom. The highest BCUT2D eigenvalue weighted by Crippen LogP contribution is 2.26. The summed E-state index contributed by atoms with van der Waals surface area (Å²) in [4.78, 5) is 21.7. The molecule has 1 saturated heterocycles. The molecule has 6 nitrogen and oxygen atoms in total. The number of carbonyl (C=O) groups excluding carboxylic acids is 1. The Hall–Kier alpha value is -2.70. The number of carbonyl (C=O) groups is 1. The molecule has 30 heavy (non-hydrogen) atoms. The zero-order valence-electron chi connectivity index (χ0n) is 17.1. The van der Waals surface area contributed by atoms with Crippen LogP contribution in [0, 0.1) is 6.92 Å². The first-order chi connectivity index (χ1) is 14.6. The maximum Gasteiger partial charge on any atom is 0.227 e. The van der Waals surface area contributed by atoms with Crippen molar-refractivity contribution in [3.05, 3.63) is 70.6 Å². The number of hydrogen-bond donors (Lipinski definition) is 1. The molecule has 1 fully saturated rings. The van der Waals surface area contributed by atoms with Gasteiger partial charge in [-0.15, -0.1) is 0 Å². The van der Waals surface area contributed by atoms with Gasteiger partial charge in [0.2, 0.25) is 5.91 Å². The van der Waals surface area contributed by atoms with Gasteiger partial charge in [-0.1, -0.05) is 29.8 Å². The van der Waals surface area contributed by atoms with Crippen LogP contribution in [0.4, 0.5) is 0 Å². The minimum Gasteiger partial charge on any atom is -0.340 e. The second kappa shape index (κ2) is 9.41. The van der Waals surface area contributed by atoms with Crippen molar-refractivity contribution in [2.24, 2.45) is 0 Å². The fraction of sp³-hybridized carbons (Fsp3) is 0.348. The number of H-pyrrole nitrogens is 1. The lowest BCUT2D eigenvalue weighted by Gasteiger charge is -2.34. The molecule has 3 aromatic rings. The number of rotatable bonds is 6. The molecule has 2 aromatic heterocycles. The Kier molecular flexibility index (Phi) is 6.45. The summed E-state index contributed by atoms with van der Waals surface area (Å²) in [5, 5.41) is 8.14. The number of benzene rings is 1. The van der Waals surface area contributed by atoms with Crippen molar-refractivity contribution >= 4 is 17.5 Å². The molecule has 0 bridgehead atoms. The molecule has 0 atom stereocenters. The van der Waals surface area contributed by atoms with Crippen LogP contribution in [0.1, 0.15) is 17.0 Å². The summed E-state index contributed by atoms with van der Waals surface area (Å²) in [6, 6.07) is 13.6. The number of aromatic amines is 1. The van der Waals surface area contributed by atoms with Crippen molar-refractivity contribution in [1.82, 2.24) is 25.0 Å². The molecular formula is C23H26ClN5O. The van der Waals surface area contributed by atoms with Crippen LogP contribution in [0.5, 0.6) is 0 Å². The van der Waals surface area contributed by atoms with Gasteiger partial charge in [-0.3, -0.25) is 19.8 Å². The normalized spacial score (nSPS) is 14.8. The molecule has 0 aliphatic carbocycles. The van der Waals surface area contributed by atoms with Crippen LogP contribution < -0.4 is 0 Å². The number of nitrogens with zero attached hydrogens (tertiary/aromatic N) is 4. The van der Waals surface area contributed by atoms with Crippen LogP contribution in [0.3, 0.4) is 0 Å². The Bertz CT molecular complexity index is 979. The third-order valence-electron chi connectivity index (χ3n) is 5.65. The fourth-order valence-electron chi connectivity index (χ4n) is 3.82. The molecule has 1 aliphatic heterocycles. The van der Waals surface area contributed by atoms with Crippen molar-refractivity contribution in [1.29, 1.82) is 0 Å². The second-order valence-corrected chi connectivity index (χ2v) is 8.09. The van der Waals surface area contributed by atoms with E-state index in [-0.39, 0.29) is 5.91 Å². The van der Waals surface area contributed by atoms with Gasteiger partial charge in [0.25, 0.3) is 0 Å². The summed E-state index contributed by atoms with van der Waals surface area (Å²) in [6.45, 7) is 6.24. The molecule has 4 rings (SSSR count). The van der Waals surface area contributed by atoms with E-state index in [0.29, 0.717) is 11.4 Å². The predicted molar refractivity (Wildman–Crippen MR) is 118 cm³/mol. The number of hydrogen-bond acceptors (Lipinski definition) is 4. The Balaban J connectivity index is 1.33. The lowest BCUT2D eigenvalue weighted by Crippen LogP contribution is -2.49. The number of aromatic nitrogens is 3. The van der Waals surface area contributed by atoms with Gasteiger partial charge in [0.15, 0.2) is 0 Å². The van der Waals surface area contributed by atoms with Crippen LogP contribution in [0.15, 0.2) is 48.7 Å². The van der Waals surface area contributed by atoms with Gasteiger partial charge < -0.3 is 4.90 Å². The monoisotopic (exact) mass is 423 g/mol. The van der Waals surface area contributed by atoms with E-state index in [9.17, 15) is 4.79 Å². The number of amides is 1. The first kappa shape index (κ1) is 20.6. The van der Waals surface area contributed by atoms with Crippen LogP contribution in [0.25, 0.3) is 11.3 Å². The molecule has 3 heterocycles. The zero-order chi connectivity index (χ0) is 20.9. The first-order valence-corrected chi connectivity index (χ1v) is 10.7. The second-order valence-electron chi connectivity index (χ2n) is 7.65. The molecule has 7 heteroatoms. The van der Waals surface area contributed by atoms with Crippen molar-refractivity contribution in [3.8, 4) is 11.3 Å². The van der Waals surface area contributed by atoms with E-state index in [4.69, 9.17) is 11.6 Å². The summed E-state index contributed by atoms with van der Waals surface area (Å²) in [5.41, 5.74) is 4.79. The van der Waals surface area contributed by atoms with E-state index in [1.807, 2.05) is 54.4 Å². The highest BCUT2D eigenvalue weighted by atomic mass is 35.5. The molecule has 0 spiro atoms. The van der Waals surface area contributed by atoms with E-state index < -0.39 is 0 Å². The quantitative estimate of drug-likeness (QED) is 0.660. The number of nitrogens with one attached hydrogen (secondary N) is 1. The minimum absolute atomic E-state index is 0.152. The molecule has 1 aliphatic rings. The summed E-state index contributed by atoms with van der Waals surface area (Å²) < 4.78 is 0. The molecule has 0 saturated carbocycles. The third kappa shape index (κ3) is 4.89. The van der Waals surface area contributed by atoms with Gasteiger partial charge in [-0.25, -0.2) is 0 Å². The standard InChI is InChI=1S/C23H26ClN5O/c1-17-21(23(27-26-17)18-5-7-19(24)8-6-18)16-22(30)29-14-12-28(13-15-29)11-9-20-4-2-3-10-25-20/h2-8,10H,9,11-16H2,1H3,(H,26,27). The van der Waals surface area contributed by atoms with Crippen LogP contribution in [-0.2, 0) is 17.6 Å². The van der Waals surface area contributed by atoms with Crippen LogP contribution in [0.2, 0.25) is 5.02 Å². The fourth-order valence-corrected chi connectivity index (χ4v) is 3.94. The molecule has 1 aromatic carbocycles. The molecule has 1 amide bonds. The van der Waals surface area contributed by atoms with Gasteiger partial charge in [-0.2, -0.15) is 5.10 Å². The highest BCUT2D eigenvalue weighted by molar-refractivity contribution is 6.30. The van der Waals surface area contributed by atoms with Gasteiger partial charge in [0, 0.05) is 72.9 Å². The summed E-state index contributed by atoms with van der Waals surface area (Å²) >= 11 is 6.00. The maximum absolute atomic E-state index is 13.0. The Labute approximate surface area is 181 Å². The average Bonchev–Trinajstić information content (AvgIpc) is 3.14. The van der Waals surface area contributed by atoms with Crippen molar-refractivity contribution < 1.29 is 4.79 Å². The first-order valence-electron chi connectivity index (χ1n) is 10.3. The zero-order valence-corrected chi connectivity index (χ0v) is 17.9. The molecular weight excluding hydrogens is 398 g/mol. The number of halogens is 1. The predicted octanol–water partition coefficient (Wildman–Crippen LogP) is 3.36. The van der Waals surface area contributed by atoms with Crippen molar-refractivity contribution in [2.45, 2.75) is 19.8 Å². The summed E-state index contributed by atoms with van der Waals surface area (Å²) in [7, 11) is 0. The van der Waals surface area contributed by atoms with E-state index >= 15 is 0 Å².